The van der Waals surface area contributed by atoms with Gasteiger partial charge in [-0.25, -0.2) is 13.2 Å². The molecule has 2 N–H and O–H groups in total. The number of aliphatic hydroxyl groups is 1. The third-order valence-electron chi connectivity index (χ3n) is 2.89. The second-order valence-corrected chi connectivity index (χ2v) is 7.22. The standard InChI is InChI=1S/C10H13NO5S2/c12-6-7-2-1-5-11(7)18(15,16)9-4-3-8(17-9)10(13)14/h3-4,7,12H,1-2,5-6H2,(H,13,14)/t7-/m0/s1. The molecule has 18 heavy (non-hydrogen) atoms. The Bertz CT molecular complexity index is 550. The SMILES string of the molecule is O=C(O)c1ccc(S(=O)(=O)N2CCC[C@H]2CO)s1. The number of thiophene rings is 1. The number of rotatable bonds is 4. The zero-order chi connectivity index (χ0) is 13.3. The van der Waals surface area contributed by atoms with E-state index in [1.165, 1.54) is 16.4 Å². The molecule has 0 radical (unpaired) electrons. The fourth-order valence-electron chi connectivity index (χ4n) is 2.00. The number of aromatic carboxylic acids is 1. The van der Waals surface area contributed by atoms with Crippen LogP contribution in [0.2, 0.25) is 0 Å². The Balaban J connectivity index is 2.32. The molecule has 6 nitrogen and oxygen atoms in total. The third kappa shape index (κ3) is 2.28. The van der Waals surface area contributed by atoms with Crippen molar-refractivity contribution in [2.75, 3.05) is 13.2 Å². The number of carboxylic acids is 1. The van der Waals surface area contributed by atoms with E-state index in [0.29, 0.717) is 19.4 Å². The molecule has 1 aromatic heterocycles. The van der Waals surface area contributed by atoms with Crippen LogP contribution in [0.3, 0.4) is 0 Å². The summed E-state index contributed by atoms with van der Waals surface area (Å²) in [6.45, 7) is 0.157. The Labute approximate surface area is 109 Å². The minimum atomic E-state index is -3.68. The van der Waals surface area contributed by atoms with Crippen LogP contribution >= 0.6 is 11.3 Å². The molecule has 100 valence electrons. The molecule has 1 saturated heterocycles. The summed E-state index contributed by atoms with van der Waals surface area (Å²) in [6.07, 6.45) is 1.34. The van der Waals surface area contributed by atoms with E-state index in [-0.39, 0.29) is 15.7 Å². The fourth-order valence-corrected chi connectivity index (χ4v) is 4.96. The molecule has 0 bridgehead atoms. The molecule has 1 aliphatic heterocycles. The van der Waals surface area contributed by atoms with Crippen LogP contribution in [-0.2, 0) is 10.0 Å². The van der Waals surface area contributed by atoms with Gasteiger partial charge in [0.2, 0.25) is 0 Å². The zero-order valence-corrected chi connectivity index (χ0v) is 11.1. The first kappa shape index (κ1) is 13.5. The summed E-state index contributed by atoms with van der Waals surface area (Å²) < 4.78 is 25.8. The first-order chi connectivity index (χ1) is 8.46. The average Bonchev–Trinajstić information content (AvgIpc) is 2.98. The highest BCUT2D eigenvalue weighted by molar-refractivity contribution is 7.91. The van der Waals surface area contributed by atoms with E-state index in [0.717, 1.165) is 11.3 Å². The zero-order valence-electron chi connectivity index (χ0n) is 9.44. The van der Waals surface area contributed by atoms with Gasteiger partial charge in [-0.15, -0.1) is 11.3 Å². The number of sulfonamides is 1. The number of carbonyl (C=O) groups is 1. The Morgan fingerprint density at radius 3 is 2.78 bits per heavy atom. The fraction of sp³-hybridized carbons (Fsp3) is 0.500. The first-order valence-electron chi connectivity index (χ1n) is 5.42. The van der Waals surface area contributed by atoms with E-state index in [4.69, 9.17) is 10.2 Å². The smallest absolute Gasteiger partial charge is 0.345 e. The quantitative estimate of drug-likeness (QED) is 0.846. The maximum Gasteiger partial charge on any atom is 0.345 e. The third-order valence-corrected chi connectivity index (χ3v) is 6.38. The highest BCUT2D eigenvalue weighted by Gasteiger charge is 2.35. The molecule has 1 aromatic rings. The second-order valence-electron chi connectivity index (χ2n) is 4.02. The molecule has 0 amide bonds. The number of carboxylic acid groups (broad SMARTS) is 1. The van der Waals surface area contributed by atoms with Crippen LogP contribution in [0.25, 0.3) is 0 Å². The van der Waals surface area contributed by atoms with E-state index < -0.39 is 22.0 Å². The van der Waals surface area contributed by atoms with Crippen molar-refractivity contribution in [2.24, 2.45) is 0 Å². The molecule has 0 aliphatic carbocycles. The van der Waals surface area contributed by atoms with E-state index >= 15 is 0 Å². The lowest BCUT2D eigenvalue weighted by molar-refractivity contribution is 0.0702. The molecule has 8 heteroatoms. The van der Waals surface area contributed by atoms with Crippen LogP contribution in [0.4, 0.5) is 0 Å². The molecule has 0 aromatic carbocycles. The van der Waals surface area contributed by atoms with Crippen LogP contribution in [0.5, 0.6) is 0 Å². The summed E-state index contributed by atoms with van der Waals surface area (Å²) in [5.41, 5.74) is 0. The van der Waals surface area contributed by atoms with E-state index in [2.05, 4.69) is 0 Å². The van der Waals surface area contributed by atoms with E-state index in [9.17, 15) is 13.2 Å². The molecule has 2 rings (SSSR count). The van der Waals surface area contributed by atoms with Gasteiger partial charge in [-0.2, -0.15) is 4.31 Å². The normalized spacial score (nSPS) is 21.3. The van der Waals surface area contributed by atoms with E-state index in [1.54, 1.807) is 0 Å². The number of hydrogen-bond acceptors (Lipinski definition) is 5. The highest BCUT2D eigenvalue weighted by atomic mass is 32.2. The summed E-state index contributed by atoms with van der Waals surface area (Å²) in [4.78, 5) is 10.7. The van der Waals surface area contributed by atoms with Gasteiger partial charge >= 0.3 is 5.97 Å². The van der Waals surface area contributed by atoms with Crippen LogP contribution in [-0.4, -0.2) is 48.1 Å². The summed E-state index contributed by atoms with van der Waals surface area (Å²) in [7, 11) is -3.68. The largest absolute Gasteiger partial charge is 0.477 e. The number of hydrogen-bond donors (Lipinski definition) is 2. The van der Waals surface area contributed by atoms with Gasteiger partial charge in [0.1, 0.15) is 9.09 Å². The molecule has 0 saturated carbocycles. The van der Waals surface area contributed by atoms with Crippen LogP contribution in [0.15, 0.2) is 16.3 Å². The molecule has 1 atom stereocenters. The van der Waals surface area contributed by atoms with Gasteiger partial charge in [0.15, 0.2) is 0 Å². The van der Waals surface area contributed by atoms with Gasteiger partial charge in [0.25, 0.3) is 10.0 Å². The van der Waals surface area contributed by atoms with Crippen molar-refractivity contribution in [2.45, 2.75) is 23.1 Å². The molecular formula is C10H13NO5S2. The van der Waals surface area contributed by atoms with Crippen molar-refractivity contribution in [3.05, 3.63) is 17.0 Å². The Morgan fingerprint density at radius 2 is 2.22 bits per heavy atom. The van der Waals surface area contributed by atoms with Crippen molar-refractivity contribution < 1.29 is 23.4 Å². The lowest BCUT2D eigenvalue weighted by Crippen LogP contribution is -2.37. The van der Waals surface area contributed by atoms with E-state index in [1.807, 2.05) is 0 Å². The summed E-state index contributed by atoms with van der Waals surface area (Å²) >= 11 is 0.736. The monoisotopic (exact) mass is 291 g/mol. The van der Waals surface area contributed by atoms with Gasteiger partial charge in [-0.1, -0.05) is 0 Å². The van der Waals surface area contributed by atoms with Crippen molar-refractivity contribution in [1.82, 2.24) is 4.31 Å². The predicted molar refractivity (Wildman–Crippen MR) is 65.3 cm³/mol. The summed E-state index contributed by atoms with van der Waals surface area (Å²) in [5.74, 6) is -1.14. The predicted octanol–water partition coefficient (Wildman–Crippen LogP) is 0.592. The Morgan fingerprint density at radius 1 is 1.50 bits per heavy atom. The minimum Gasteiger partial charge on any atom is -0.477 e. The van der Waals surface area contributed by atoms with Crippen LogP contribution in [0.1, 0.15) is 22.5 Å². The second kappa shape index (κ2) is 4.96. The lowest BCUT2D eigenvalue weighted by atomic mass is 10.2. The minimum absolute atomic E-state index is 0.00618. The van der Waals surface area contributed by atoms with Gasteiger partial charge in [-0.05, 0) is 25.0 Å². The summed E-state index contributed by atoms with van der Waals surface area (Å²) in [6, 6.07) is 2.19. The van der Waals surface area contributed by atoms with Gasteiger partial charge in [0.05, 0.1) is 6.61 Å². The molecule has 1 fully saturated rings. The average molecular weight is 291 g/mol. The van der Waals surface area contributed by atoms with Crippen LogP contribution < -0.4 is 0 Å². The number of aliphatic hydroxyl groups excluding tert-OH is 1. The maximum absolute atomic E-state index is 12.3. The Hall–Kier alpha value is -0.960. The van der Waals surface area contributed by atoms with Gasteiger partial charge in [0, 0.05) is 12.6 Å². The molecule has 2 heterocycles. The lowest BCUT2D eigenvalue weighted by Gasteiger charge is -2.21. The number of nitrogens with zero attached hydrogens (tertiary/aromatic N) is 1. The van der Waals surface area contributed by atoms with Crippen molar-refractivity contribution in [3.63, 3.8) is 0 Å². The topological polar surface area (TPSA) is 94.9 Å². The molecule has 1 aliphatic rings. The van der Waals surface area contributed by atoms with Gasteiger partial charge in [-0.3, -0.25) is 0 Å². The molecular weight excluding hydrogens is 278 g/mol. The maximum atomic E-state index is 12.3. The summed E-state index contributed by atoms with van der Waals surface area (Å²) in [5, 5.41) is 17.9. The van der Waals surface area contributed by atoms with Gasteiger partial charge < -0.3 is 10.2 Å². The Kier molecular flexibility index (Phi) is 3.71. The van der Waals surface area contributed by atoms with Crippen molar-refractivity contribution in [1.29, 1.82) is 0 Å². The van der Waals surface area contributed by atoms with Crippen molar-refractivity contribution >= 4 is 27.3 Å². The van der Waals surface area contributed by atoms with Crippen LogP contribution in [0, 0.1) is 0 Å². The van der Waals surface area contributed by atoms with Crippen molar-refractivity contribution in [3.8, 4) is 0 Å². The molecule has 0 unspecified atom stereocenters. The highest BCUT2D eigenvalue weighted by Crippen LogP contribution is 2.30. The first-order valence-corrected chi connectivity index (χ1v) is 7.68. The molecule has 0 spiro atoms.